The lowest BCUT2D eigenvalue weighted by molar-refractivity contribution is -0.143. The minimum Gasteiger partial charge on any atom is -0.494 e. The van der Waals surface area contributed by atoms with Gasteiger partial charge in [-0.05, 0) is 31.0 Å². The Balaban J connectivity index is 3.03. The molecule has 0 amide bonds. The van der Waals surface area contributed by atoms with Crippen molar-refractivity contribution < 1.29 is 18.7 Å². The quantitative estimate of drug-likeness (QED) is 0.806. The molecule has 0 spiro atoms. The third kappa shape index (κ3) is 3.92. The molecule has 0 fully saturated rings. The molecule has 1 rings (SSSR count). The first-order valence-electron chi connectivity index (χ1n) is 6.20. The van der Waals surface area contributed by atoms with E-state index >= 15 is 0 Å². The molecular formula is C14H20FNO3. The lowest BCUT2D eigenvalue weighted by Gasteiger charge is -2.21. The highest BCUT2D eigenvalue weighted by atomic mass is 19.1. The summed E-state index contributed by atoms with van der Waals surface area (Å²) in [4.78, 5) is 11.8. The van der Waals surface area contributed by atoms with Crippen molar-refractivity contribution in [3.8, 4) is 5.75 Å². The van der Waals surface area contributed by atoms with Crippen molar-refractivity contribution in [2.45, 2.75) is 32.4 Å². The Kier molecular flexibility index (Phi) is 5.76. The molecule has 5 heteroatoms. The largest absolute Gasteiger partial charge is 0.494 e. The smallest absolute Gasteiger partial charge is 0.327 e. The van der Waals surface area contributed by atoms with Crippen LogP contribution in [0.1, 0.15) is 31.9 Å². The Morgan fingerprint density at radius 1 is 1.42 bits per heavy atom. The van der Waals surface area contributed by atoms with Gasteiger partial charge >= 0.3 is 5.97 Å². The number of carbonyl (C=O) groups excluding carboxylic acids is 1. The van der Waals surface area contributed by atoms with E-state index in [0.29, 0.717) is 5.56 Å². The van der Waals surface area contributed by atoms with Gasteiger partial charge < -0.3 is 9.47 Å². The third-order valence-electron chi connectivity index (χ3n) is 3.01. The third-order valence-corrected chi connectivity index (χ3v) is 3.01. The van der Waals surface area contributed by atoms with E-state index in [9.17, 15) is 9.18 Å². The molecule has 1 aromatic rings. The first-order valence-corrected chi connectivity index (χ1v) is 6.20. The summed E-state index contributed by atoms with van der Waals surface area (Å²) < 4.78 is 23.3. The van der Waals surface area contributed by atoms with Crippen LogP contribution in [0.3, 0.4) is 0 Å². The van der Waals surface area contributed by atoms with Gasteiger partial charge in [0.05, 0.1) is 14.2 Å². The zero-order valence-electron chi connectivity index (χ0n) is 11.7. The Morgan fingerprint density at radius 2 is 2.11 bits per heavy atom. The molecule has 0 saturated heterocycles. The first-order chi connectivity index (χ1) is 9.03. The molecule has 0 aliphatic heterocycles. The van der Waals surface area contributed by atoms with Gasteiger partial charge in [0.25, 0.3) is 0 Å². The molecule has 2 atom stereocenters. The van der Waals surface area contributed by atoms with E-state index in [1.54, 1.807) is 6.07 Å². The number of rotatable bonds is 6. The topological polar surface area (TPSA) is 47.6 Å². The molecule has 4 nitrogen and oxygen atoms in total. The summed E-state index contributed by atoms with van der Waals surface area (Å²) in [6.45, 7) is 3.95. The van der Waals surface area contributed by atoms with Crippen LogP contribution in [0.15, 0.2) is 18.2 Å². The Morgan fingerprint density at radius 3 is 2.58 bits per heavy atom. The summed E-state index contributed by atoms with van der Waals surface area (Å²) in [6.07, 6.45) is 0.853. The van der Waals surface area contributed by atoms with Crippen LogP contribution in [0.4, 0.5) is 4.39 Å². The van der Waals surface area contributed by atoms with Crippen molar-refractivity contribution in [2.75, 3.05) is 14.2 Å². The summed E-state index contributed by atoms with van der Waals surface area (Å²) in [5.74, 6) is -0.791. The maximum absolute atomic E-state index is 13.7. The number of hydrogen-bond acceptors (Lipinski definition) is 4. The van der Waals surface area contributed by atoms with Crippen molar-refractivity contribution in [1.82, 2.24) is 5.32 Å². The van der Waals surface area contributed by atoms with Gasteiger partial charge in [-0.15, -0.1) is 0 Å². The normalized spacial score (nSPS) is 13.7. The maximum Gasteiger partial charge on any atom is 0.327 e. The number of ether oxygens (including phenoxy) is 2. The molecule has 0 aromatic heterocycles. The van der Waals surface area contributed by atoms with E-state index < -0.39 is 17.8 Å². The van der Waals surface area contributed by atoms with Gasteiger partial charge in [0, 0.05) is 6.04 Å². The Hall–Kier alpha value is -1.62. The summed E-state index contributed by atoms with van der Waals surface area (Å²) in [7, 11) is 2.71. The van der Waals surface area contributed by atoms with Crippen LogP contribution in [0.5, 0.6) is 5.75 Å². The number of esters is 1. The SMILES string of the molecule is CCC(C)NC(C(=O)OC)c1ccc(OC)c(F)c1. The molecule has 2 unspecified atom stereocenters. The average Bonchev–Trinajstić information content (AvgIpc) is 2.43. The van der Waals surface area contributed by atoms with Crippen LogP contribution in [0.2, 0.25) is 0 Å². The summed E-state index contributed by atoms with van der Waals surface area (Å²) >= 11 is 0. The Labute approximate surface area is 112 Å². The van der Waals surface area contributed by atoms with E-state index in [1.807, 2.05) is 13.8 Å². The van der Waals surface area contributed by atoms with Crippen molar-refractivity contribution >= 4 is 5.97 Å². The zero-order valence-corrected chi connectivity index (χ0v) is 11.7. The van der Waals surface area contributed by atoms with Crippen molar-refractivity contribution in [3.63, 3.8) is 0 Å². The molecule has 0 radical (unpaired) electrons. The van der Waals surface area contributed by atoms with Crippen LogP contribution in [0.25, 0.3) is 0 Å². The van der Waals surface area contributed by atoms with Gasteiger partial charge in [-0.1, -0.05) is 13.0 Å². The van der Waals surface area contributed by atoms with Gasteiger partial charge in [-0.3, -0.25) is 5.32 Å². The monoisotopic (exact) mass is 269 g/mol. The first kappa shape index (κ1) is 15.4. The van der Waals surface area contributed by atoms with E-state index in [2.05, 4.69) is 5.32 Å². The second-order valence-electron chi connectivity index (χ2n) is 4.33. The molecule has 0 heterocycles. The average molecular weight is 269 g/mol. The van der Waals surface area contributed by atoms with Crippen LogP contribution in [-0.4, -0.2) is 26.2 Å². The number of hydrogen-bond donors (Lipinski definition) is 1. The summed E-state index contributed by atoms with van der Waals surface area (Å²) in [6, 6.07) is 3.88. The minimum atomic E-state index is -0.680. The number of nitrogens with one attached hydrogen (secondary N) is 1. The van der Waals surface area contributed by atoms with Gasteiger partial charge in [0.15, 0.2) is 11.6 Å². The molecule has 106 valence electrons. The number of carbonyl (C=O) groups is 1. The number of benzene rings is 1. The van der Waals surface area contributed by atoms with Gasteiger partial charge in [0.2, 0.25) is 0 Å². The molecular weight excluding hydrogens is 249 g/mol. The number of methoxy groups -OCH3 is 2. The van der Waals surface area contributed by atoms with Crippen molar-refractivity contribution in [1.29, 1.82) is 0 Å². The molecule has 1 N–H and O–H groups in total. The van der Waals surface area contributed by atoms with E-state index in [1.165, 1.54) is 26.4 Å². The second kappa shape index (κ2) is 7.09. The fourth-order valence-electron chi connectivity index (χ4n) is 1.68. The maximum atomic E-state index is 13.7. The lowest BCUT2D eigenvalue weighted by atomic mass is 10.0. The Bertz CT molecular complexity index is 437. The molecule has 1 aromatic carbocycles. The fraction of sp³-hybridized carbons (Fsp3) is 0.500. The summed E-state index contributed by atoms with van der Waals surface area (Å²) in [5.41, 5.74) is 0.519. The highest BCUT2D eigenvalue weighted by Crippen LogP contribution is 2.23. The van der Waals surface area contributed by atoms with Crippen molar-refractivity contribution in [2.24, 2.45) is 0 Å². The molecule has 0 saturated carbocycles. The zero-order chi connectivity index (χ0) is 14.4. The molecule has 0 bridgehead atoms. The van der Waals surface area contributed by atoms with Gasteiger partial charge in [0.1, 0.15) is 6.04 Å². The van der Waals surface area contributed by atoms with Crippen LogP contribution in [-0.2, 0) is 9.53 Å². The standard InChI is InChI=1S/C14H20FNO3/c1-5-9(2)16-13(14(17)19-4)10-6-7-12(18-3)11(15)8-10/h6-9,13,16H,5H2,1-4H3. The highest BCUT2D eigenvalue weighted by Gasteiger charge is 2.23. The highest BCUT2D eigenvalue weighted by molar-refractivity contribution is 5.77. The van der Waals surface area contributed by atoms with Crippen molar-refractivity contribution in [3.05, 3.63) is 29.6 Å². The van der Waals surface area contributed by atoms with E-state index in [-0.39, 0.29) is 11.8 Å². The van der Waals surface area contributed by atoms with E-state index in [0.717, 1.165) is 6.42 Å². The predicted octanol–water partition coefficient (Wildman–Crippen LogP) is 2.44. The molecule has 0 aliphatic rings. The van der Waals surface area contributed by atoms with Crippen LogP contribution < -0.4 is 10.1 Å². The number of halogens is 1. The summed E-state index contributed by atoms with van der Waals surface area (Å²) in [5, 5.41) is 3.12. The molecule has 19 heavy (non-hydrogen) atoms. The lowest BCUT2D eigenvalue weighted by Crippen LogP contribution is -2.35. The van der Waals surface area contributed by atoms with Crippen LogP contribution in [0, 0.1) is 5.82 Å². The fourth-order valence-corrected chi connectivity index (χ4v) is 1.68. The van der Waals surface area contributed by atoms with Crippen LogP contribution >= 0.6 is 0 Å². The second-order valence-corrected chi connectivity index (χ2v) is 4.33. The van der Waals surface area contributed by atoms with Gasteiger partial charge in [-0.25, -0.2) is 9.18 Å². The predicted molar refractivity (Wildman–Crippen MR) is 70.6 cm³/mol. The molecule has 0 aliphatic carbocycles. The minimum absolute atomic E-state index is 0.120. The van der Waals surface area contributed by atoms with Gasteiger partial charge in [-0.2, -0.15) is 0 Å². The van der Waals surface area contributed by atoms with E-state index in [4.69, 9.17) is 9.47 Å².